The summed E-state index contributed by atoms with van der Waals surface area (Å²) in [7, 11) is 0. The van der Waals surface area contributed by atoms with E-state index in [1.807, 2.05) is 48.5 Å². The van der Waals surface area contributed by atoms with E-state index in [4.69, 9.17) is 8.83 Å². The number of hydrogen-bond acceptors (Lipinski definition) is 4. The number of Topliss-reactive ketones (excluding diaryl/α,β-unsaturated/α-hetero) is 2. The van der Waals surface area contributed by atoms with Crippen LogP contribution < -0.4 is 0 Å². The molecule has 4 nitrogen and oxygen atoms in total. The van der Waals surface area contributed by atoms with Crippen LogP contribution in [-0.2, 0) is 25.7 Å². The largest absolute Gasteiger partial charge is 0.453 e. The standard InChI is InChI=1S/C30H26O4/c1-19(31)29-23(15-13-21-9-5-3-6-10-21)25-17-26-24(16-14-22-11-7-4-8-12-22)30(20(2)32)34-28(26)18-27(25)33-29/h3-12,17-18H,13-16H2,1-2H3. The second-order valence-electron chi connectivity index (χ2n) is 8.75. The Kier molecular flexibility index (Phi) is 5.89. The van der Waals surface area contributed by atoms with Crippen LogP contribution >= 0.6 is 0 Å². The number of benzene rings is 3. The Morgan fingerprint density at radius 1 is 0.588 bits per heavy atom. The van der Waals surface area contributed by atoms with Crippen LogP contribution in [0.1, 0.15) is 57.2 Å². The first kappa shape index (κ1) is 21.9. The van der Waals surface area contributed by atoms with E-state index in [9.17, 15) is 9.59 Å². The van der Waals surface area contributed by atoms with E-state index in [1.54, 1.807) is 0 Å². The van der Waals surface area contributed by atoms with Gasteiger partial charge in [-0.3, -0.25) is 9.59 Å². The van der Waals surface area contributed by atoms with E-state index in [1.165, 1.54) is 25.0 Å². The van der Waals surface area contributed by atoms with Crippen LogP contribution in [0.2, 0.25) is 0 Å². The Labute approximate surface area is 198 Å². The van der Waals surface area contributed by atoms with Gasteiger partial charge in [-0.1, -0.05) is 60.7 Å². The summed E-state index contributed by atoms with van der Waals surface area (Å²) in [5.41, 5.74) is 5.45. The lowest BCUT2D eigenvalue weighted by atomic mass is 9.97. The highest BCUT2D eigenvalue weighted by molar-refractivity contribution is 6.06. The van der Waals surface area contributed by atoms with E-state index < -0.39 is 0 Å². The molecule has 0 radical (unpaired) electrons. The summed E-state index contributed by atoms with van der Waals surface area (Å²) in [5.74, 6) is 0.613. The van der Waals surface area contributed by atoms with Crippen molar-refractivity contribution in [3.63, 3.8) is 0 Å². The maximum Gasteiger partial charge on any atom is 0.195 e. The maximum atomic E-state index is 12.4. The number of aryl methyl sites for hydroxylation is 4. The van der Waals surface area contributed by atoms with Gasteiger partial charge in [-0.05, 0) is 42.9 Å². The molecule has 5 aromatic rings. The number of carbonyl (C=O) groups is 2. The van der Waals surface area contributed by atoms with E-state index >= 15 is 0 Å². The minimum Gasteiger partial charge on any atom is -0.453 e. The molecule has 0 amide bonds. The van der Waals surface area contributed by atoms with Gasteiger partial charge in [0.1, 0.15) is 11.2 Å². The molecular weight excluding hydrogens is 424 g/mol. The van der Waals surface area contributed by atoms with Crippen LogP contribution in [0.3, 0.4) is 0 Å². The smallest absolute Gasteiger partial charge is 0.195 e. The molecule has 0 aliphatic heterocycles. The third-order valence-electron chi connectivity index (χ3n) is 6.36. The Morgan fingerprint density at radius 3 is 1.38 bits per heavy atom. The quantitative estimate of drug-likeness (QED) is 0.235. The lowest BCUT2D eigenvalue weighted by molar-refractivity contribution is 0.0981. The SMILES string of the molecule is CC(=O)c1oc2cc3oc(C(C)=O)c(CCc4ccccc4)c3cc2c1CCc1ccccc1. The van der Waals surface area contributed by atoms with Gasteiger partial charge in [-0.15, -0.1) is 0 Å². The summed E-state index contributed by atoms with van der Waals surface area (Å²) < 4.78 is 12.0. The molecule has 0 spiro atoms. The molecule has 5 rings (SSSR count). The minimum atomic E-state index is -0.0930. The van der Waals surface area contributed by atoms with Crippen molar-refractivity contribution in [1.29, 1.82) is 0 Å². The van der Waals surface area contributed by atoms with Gasteiger partial charge in [0.15, 0.2) is 23.1 Å². The summed E-state index contributed by atoms with van der Waals surface area (Å²) >= 11 is 0. The average molecular weight is 451 g/mol. The molecule has 0 bridgehead atoms. The van der Waals surface area contributed by atoms with Crippen molar-refractivity contribution in [3.05, 3.63) is 107 Å². The zero-order valence-corrected chi connectivity index (χ0v) is 19.4. The van der Waals surface area contributed by atoms with Crippen LogP contribution in [0.15, 0.2) is 81.6 Å². The Hall–Kier alpha value is -3.92. The number of ketones is 2. The topological polar surface area (TPSA) is 60.4 Å². The molecule has 0 atom stereocenters. The molecule has 170 valence electrons. The molecule has 0 unspecified atom stereocenters. The normalized spacial score (nSPS) is 11.4. The summed E-state index contributed by atoms with van der Waals surface area (Å²) in [5, 5.41) is 1.82. The van der Waals surface area contributed by atoms with Crippen LogP contribution in [-0.4, -0.2) is 11.6 Å². The van der Waals surface area contributed by atoms with Crippen molar-refractivity contribution in [1.82, 2.24) is 0 Å². The van der Waals surface area contributed by atoms with Gasteiger partial charge in [-0.2, -0.15) is 0 Å². The van der Waals surface area contributed by atoms with Gasteiger partial charge < -0.3 is 8.83 Å². The third-order valence-corrected chi connectivity index (χ3v) is 6.36. The maximum absolute atomic E-state index is 12.4. The van der Waals surface area contributed by atoms with Gasteiger partial charge >= 0.3 is 0 Å². The first-order valence-corrected chi connectivity index (χ1v) is 11.6. The molecule has 0 N–H and O–H groups in total. The predicted octanol–water partition coefficient (Wildman–Crippen LogP) is 7.15. The van der Waals surface area contributed by atoms with Gasteiger partial charge in [0.25, 0.3) is 0 Å². The molecule has 0 saturated heterocycles. The minimum absolute atomic E-state index is 0.0930. The summed E-state index contributed by atoms with van der Waals surface area (Å²) in [6, 6.07) is 24.3. The molecule has 3 aromatic carbocycles. The molecule has 4 heteroatoms. The first-order valence-electron chi connectivity index (χ1n) is 11.6. The average Bonchev–Trinajstić information content (AvgIpc) is 3.39. The van der Waals surface area contributed by atoms with Crippen molar-refractivity contribution in [3.8, 4) is 0 Å². The lowest BCUT2D eigenvalue weighted by Crippen LogP contribution is -1.99. The summed E-state index contributed by atoms with van der Waals surface area (Å²) in [6.07, 6.45) is 2.99. The summed E-state index contributed by atoms with van der Waals surface area (Å²) in [6.45, 7) is 3.07. The molecule has 0 fully saturated rings. The number of rotatable bonds is 8. The predicted molar refractivity (Wildman–Crippen MR) is 134 cm³/mol. The zero-order chi connectivity index (χ0) is 23.7. The lowest BCUT2D eigenvalue weighted by Gasteiger charge is -2.04. The van der Waals surface area contributed by atoms with E-state index in [0.717, 1.165) is 34.7 Å². The third kappa shape index (κ3) is 4.19. The number of carbonyl (C=O) groups excluding carboxylic acids is 2. The molecule has 0 aliphatic rings. The van der Waals surface area contributed by atoms with Gasteiger partial charge in [0, 0.05) is 41.8 Å². The van der Waals surface area contributed by atoms with E-state index in [2.05, 4.69) is 24.3 Å². The molecule has 34 heavy (non-hydrogen) atoms. The molecular formula is C30H26O4. The number of furan rings is 2. The number of hydrogen-bond donors (Lipinski definition) is 0. The highest BCUT2D eigenvalue weighted by atomic mass is 16.4. The molecule has 0 aliphatic carbocycles. The van der Waals surface area contributed by atoms with E-state index in [0.29, 0.717) is 35.5 Å². The van der Waals surface area contributed by atoms with Crippen molar-refractivity contribution >= 4 is 33.5 Å². The van der Waals surface area contributed by atoms with Crippen molar-refractivity contribution in [2.75, 3.05) is 0 Å². The fraction of sp³-hybridized carbons (Fsp3) is 0.200. The van der Waals surface area contributed by atoms with E-state index in [-0.39, 0.29) is 11.6 Å². The van der Waals surface area contributed by atoms with Crippen molar-refractivity contribution in [2.24, 2.45) is 0 Å². The van der Waals surface area contributed by atoms with Crippen LogP contribution in [0, 0.1) is 0 Å². The van der Waals surface area contributed by atoms with Gasteiger partial charge in [0.05, 0.1) is 0 Å². The van der Waals surface area contributed by atoms with Gasteiger partial charge in [-0.25, -0.2) is 0 Å². The highest BCUT2D eigenvalue weighted by Gasteiger charge is 2.23. The first-order chi connectivity index (χ1) is 16.5. The van der Waals surface area contributed by atoms with Crippen molar-refractivity contribution < 1.29 is 18.4 Å². The number of fused-ring (bicyclic) bond motifs is 2. The highest BCUT2D eigenvalue weighted by Crippen LogP contribution is 2.36. The Morgan fingerprint density at radius 2 is 1.00 bits per heavy atom. The van der Waals surface area contributed by atoms with Crippen LogP contribution in [0.4, 0.5) is 0 Å². The molecule has 2 aromatic heterocycles. The Bertz CT molecular complexity index is 1380. The molecule has 0 saturated carbocycles. The van der Waals surface area contributed by atoms with Gasteiger partial charge in [0.2, 0.25) is 0 Å². The fourth-order valence-electron chi connectivity index (χ4n) is 4.68. The second kappa shape index (κ2) is 9.14. The molecule has 2 heterocycles. The second-order valence-corrected chi connectivity index (χ2v) is 8.75. The summed E-state index contributed by atoms with van der Waals surface area (Å²) in [4.78, 5) is 24.8. The monoisotopic (exact) mass is 450 g/mol. The van der Waals surface area contributed by atoms with Crippen LogP contribution in [0.25, 0.3) is 21.9 Å². The fourth-order valence-corrected chi connectivity index (χ4v) is 4.68. The Balaban J connectivity index is 1.60. The van der Waals surface area contributed by atoms with Crippen molar-refractivity contribution in [2.45, 2.75) is 39.5 Å². The van der Waals surface area contributed by atoms with Crippen LogP contribution in [0.5, 0.6) is 0 Å². The zero-order valence-electron chi connectivity index (χ0n) is 19.4.